The standard InChI is InChI=1S/C24H21N3O2/c28-23(17-27-24(29)21-14-8-7-13-20(21)16-25-27)26-22(19-11-5-2-6-12-19)15-18-9-3-1-4-10-18/h1-14,16,22H,15,17H2,(H,26,28)/t22-/m1/s1. The van der Waals surface area contributed by atoms with E-state index in [0.717, 1.165) is 16.5 Å². The van der Waals surface area contributed by atoms with E-state index in [1.54, 1.807) is 18.3 Å². The minimum absolute atomic E-state index is 0.123. The first-order chi connectivity index (χ1) is 14.2. The molecule has 3 aromatic carbocycles. The Balaban J connectivity index is 1.55. The van der Waals surface area contributed by atoms with E-state index in [2.05, 4.69) is 10.4 Å². The third-order valence-electron chi connectivity index (χ3n) is 4.88. The Labute approximate surface area is 168 Å². The largest absolute Gasteiger partial charge is 0.347 e. The molecule has 4 aromatic rings. The summed E-state index contributed by atoms with van der Waals surface area (Å²) in [4.78, 5) is 25.4. The number of nitrogens with zero attached hydrogens (tertiary/aromatic N) is 2. The lowest BCUT2D eigenvalue weighted by atomic mass is 9.99. The third kappa shape index (κ3) is 4.41. The number of hydrogen-bond acceptors (Lipinski definition) is 3. The van der Waals surface area contributed by atoms with Crippen molar-refractivity contribution in [3.63, 3.8) is 0 Å². The molecule has 0 unspecified atom stereocenters. The van der Waals surface area contributed by atoms with E-state index in [9.17, 15) is 9.59 Å². The molecule has 0 radical (unpaired) electrons. The van der Waals surface area contributed by atoms with Crippen molar-refractivity contribution in [1.82, 2.24) is 15.1 Å². The van der Waals surface area contributed by atoms with Gasteiger partial charge in [0.05, 0.1) is 17.6 Å². The average Bonchev–Trinajstić information content (AvgIpc) is 2.77. The van der Waals surface area contributed by atoms with Crippen molar-refractivity contribution in [1.29, 1.82) is 0 Å². The van der Waals surface area contributed by atoms with Gasteiger partial charge in [-0.25, -0.2) is 4.68 Å². The summed E-state index contributed by atoms with van der Waals surface area (Å²) in [5.74, 6) is -0.250. The van der Waals surface area contributed by atoms with Crippen LogP contribution in [0.1, 0.15) is 17.2 Å². The van der Waals surface area contributed by atoms with Gasteiger partial charge < -0.3 is 5.32 Å². The molecule has 5 heteroatoms. The SMILES string of the molecule is O=C(Cn1ncc2ccccc2c1=O)N[C@H](Cc1ccccc1)c1ccccc1. The molecule has 0 saturated heterocycles. The number of rotatable bonds is 6. The third-order valence-corrected chi connectivity index (χ3v) is 4.88. The molecule has 144 valence electrons. The molecule has 1 N–H and O–H groups in total. The summed E-state index contributed by atoms with van der Waals surface area (Å²) in [5, 5.41) is 8.54. The van der Waals surface area contributed by atoms with Crippen LogP contribution in [0, 0.1) is 0 Å². The first-order valence-electron chi connectivity index (χ1n) is 9.54. The summed E-state index contributed by atoms with van der Waals surface area (Å²) in [5.41, 5.74) is 1.88. The van der Waals surface area contributed by atoms with E-state index in [1.165, 1.54) is 4.68 Å². The highest BCUT2D eigenvalue weighted by Crippen LogP contribution is 2.18. The van der Waals surface area contributed by atoms with E-state index in [4.69, 9.17) is 0 Å². The highest BCUT2D eigenvalue weighted by atomic mass is 16.2. The van der Waals surface area contributed by atoms with Gasteiger partial charge in [-0.2, -0.15) is 5.10 Å². The second kappa shape index (κ2) is 8.52. The van der Waals surface area contributed by atoms with Crippen molar-refractivity contribution >= 4 is 16.7 Å². The van der Waals surface area contributed by atoms with E-state index < -0.39 is 0 Å². The fourth-order valence-corrected chi connectivity index (χ4v) is 3.40. The Kier molecular flexibility index (Phi) is 5.47. The van der Waals surface area contributed by atoms with Gasteiger partial charge in [0.1, 0.15) is 6.54 Å². The van der Waals surface area contributed by atoms with Gasteiger partial charge in [-0.15, -0.1) is 0 Å². The van der Waals surface area contributed by atoms with Gasteiger partial charge in [0.15, 0.2) is 0 Å². The van der Waals surface area contributed by atoms with Gasteiger partial charge in [0.2, 0.25) is 5.91 Å². The summed E-state index contributed by atoms with van der Waals surface area (Å²) in [7, 11) is 0. The maximum absolute atomic E-state index is 12.8. The Morgan fingerprint density at radius 2 is 1.55 bits per heavy atom. The molecule has 0 aliphatic heterocycles. The van der Waals surface area contributed by atoms with Crippen LogP contribution in [0.4, 0.5) is 0 Å². The van der Waals surface area contributed by atoms with Crippen molar-refractivity contribution in [2.24, 2.45) is 0 Å². The molecule has 1 aromatic heterocycles. The number of nitrogens with one attached hydrogen (secondary N) is 1. The molecule has 29 heavy (non-hydrogen) atoms. The van der Waals surface area contributed by atoms with Crippen molar-refractivity contribution in [3.05, 3.63) is 113 Å². The van der Waals surface area contributed by atoms with Gasteiger partial charge in [-0.3, -0.25) is 9.59 Å². The van der Waals surface area contributed by atoms with Gasteiger partial charge in [-0.05, 0) is 23.6 Å². The van der Waals surface area contributed by atoms with Gasteiger partial charge in [-0.1, -0.05) is 78.9 Å². The zero-order valence-electron chi connectivity index (χ0n) is 15.9. The Morgan fingerprint density at radius 3 is 2.31 bits per heavy atom. The van der Waals surface area contributed by atoms with Crippen LogP contribution >= 0.6 is 0 Å². The zero-order valence-corrected chi connectivity index (χ0v) is 15.9. The summed E-state index contributed by atoms with van der Waals surface area (Å²) < 4.78 is 1.21. The van der Waals surface area contributed by atoms with Crippen LogP contribution in [-0.4, -0.2) is 15.7 Å². The highest BCUT2D eigenvalue weighted by Gasteiger charge is 2.16. The van der Waals surface area contributed by atoms with Gasteiger partial charge in [0, 0.05) is 5.39 Å². The predicted octanol–water partition coefficient (Wildman–Crippen LogP) is 3.50. The summed E-state index contributed by atoms with van der Waals surface area (Å²) in [6.07, 6.45) is 2.28. The van der Waals surface area contributed by atoms with Crippen molar-refractivity contribution in [2.75, 3.05) is 0 Å². The topological polar surface area (TPSA) is 64.0 Å². The first kappa shape index (κ1) is 18.6. The number of carbonyl (C=O) groups excluding carboxylic acids is 1. The van der Waals surface area contributed by atoms with Crippen LogP contribution in [0.15, 0.2) is 95.9 Å². The van der Waals surface area contributed by atoms with Gasteiger partial charge >= 0.3 is 0 Å². The normalized spacial score (nSPS) is 11.9. The molecule has 0 saturated carbocycles. The van der Waals surface area contributed by atoms with Crippen LogP contribution < -0.4 is 10.9 Å². The van der Waals surface area contributed by atoms with E-state index >= 15 is 0 Å². The Morgan fingerprint density at radius 1 is 0.897 bits per heavy atom. The smallest absolute Gasteiger partial charge is 0.275 e. The Bertz CT molecular complexity index is 1170. The Hall–Kier alpha value is -3.73. The molecule has 1 amide bonds. The minimum atomic E-state index is -0.266. The summed E-state index contributed by atoms with van der Waals surface area (Å²) in [6, 6.07) is 26.9. The number of benzene rings is 3. The fourth-order valence-electron chi connectivity index (χ4n) is 3.40. The summed E-state index contributed by atoms with van der Waals surface area (Å²) in [6.45, 7) is -0.123. The predicted molar refractivity (Wildman–Crippen MR) is 113 cm³/mol. The lowest BCUT2D eigenvalue weighted by molar-refractivity contribution is -0.122. The first-order valence-corrected chi connectivity index (χ1v) is 9.54. The molecular weight excluding hydrogens is 362 g/mol. The number of hydrogen-bond donors (Lipinski definition) is 1. The van der Waals surface area contributed by atoms with Crippen LogP contribution in [0.5, 0.6) is 0 Å². The van der Waals surface area contributed by atoms with Gasteiger partial charge in [0.25, 0.3) is 5.56 Å². The maximum Gasteiger partial charge on any atom is 0.275 e. The summed E-state index contributed by atoms with van der Waals surface area (Å²) >= 11 is 0. The number of amides is 1. The van der Waals surface area contributed by atoms with Crippen molar-refractivity contribution < 1.29 is 4.79 Å². The van der Waals surface area contributed by atoms with E-state index in [0.29, 0.717) is 11.8 Å². The van der Waals surface area contributed by atoms with Crippen molar-refractivity contribution in [3.8, 4) is 0 Å². The molecule has 0 aliphatic rings. The molecule has 5 nitrogen and oxygen atoms in total. The highest BCUT2D eigenvalue weighted by molar-refractivity contribution is 5.81. The van der Waals surface area contributed by atoms with Crippen LogP contribution in [0.2, 0.25) is 0 Å². The second-order valence-corrected chi connectivity index (χ2v) is 6.92. The molecule has 0 spiro atoms. The lowest BCUT2D eigenvalue weighted by Crippen LogP contribution is -2.36. The monoisotopic (exact) mass is 383 g/mol. The molecule has 1 heterocycles. The molecule has 1 atom stereocenters. The fraction of sp³-hybridized carbons (Fsp3) is 0.125. The molecule has 0 fully saturated rings. The number of fused-ring (bicyclic) bond motifs is 1. The van der Waals surface area contributed by atoms with Crippen LogP contribution in [-0.2, 0) is 17.8 Å². The lowest BCUT2D eigenvalue weighted by Gasteiger charge is -2.20. The van der Waals surface area contributed by atoms with Crippen molar-refractivity contribution in [2.45, 2.75) is 19.0 Å². The second-order valence-electron chi connectivity index (χ2n) is 6.92. The molecule has 0 bridgehead atoms. The average molecular weight is 383 g/mol. The molecule has 4 rings (SSSR count). The molecular formula is C24H21N3O2. The van der Waals surface area contributed by atoms with E-state index in [-0.39, 0.29) is 24.1 Å². The van der Waals surface area contributed by atoms with E-state index in [1.807, 2.05) is 72.8 Å². The minimum Gasteiger partial charge on any atom is -0.347 e. The van der Waals surface area contributed by atoms with Crippen LogP contribution in [0.25, 0.3) is 10.8 Å². The number of aromatic nitrogens is 2. The zero-order chi connectivity index (χ0) is 20.1. The number of carbonyl (C=O) groups is 1. The maximum atomic E-state index is 12.8. The molecule has 0 aliphatic carbocycles. The van der Waals surface area contributed by atoms with Crippen LogP contribution in [0.3, 0.4) is 0 Å². The quantitative estimate of drug-likeness (QED) is 0.554.